The Kier molecular flexibility index (Phi) is 4.77. The molecule has 0 spiro atoms. The fourth-order valence-corrected chi connectivity index (χ4v) is 4.53. The van der Waals surface area contributed by atoms with Gasteiger partial charge in [-0.05, 0) is 18.2 Å². The molecule has 1 amide bonds. The molecule has 0 saturated carbocycles. The van der Waals surface area contributed by atoms with E-state index in [1.807, 2.05) is 0 Å². The van der Waals surface area contributed by atoms with E-state index in [1.165, 1.54) is 33.5 Å². The van der Waals surface area contributed by atoms with Crippen molar-refractivity contribution in [2.75, 3.05) is 39.4 Å². The lowest BCUT2D eigenvalue weighted by Gasteiger charge is -2.33. The van der Waals surface area contributed by atoms with Gasteiger partial charge in [0.2, 0.25) is 10.0 Å². The lowest BCUT2D eigenvalue weighted by atomic mass is 10.3. The molecule has 0 radical (unpaired) electrons. The number of aromatic nitrogens is 2. The summed E-state index contributed by atoms with van der Waals surface area (Å²) in [6, 6.07) is 7.11. The summed E-state index contributed by atoms with van der Waals surface area (Å²) in [6.45, 7) is 1.57. The van der Waals surface area contributed by atoms with Crippen LogP contribution in [0.25, 0.3) is 0 Å². The monoisotopic (exact) mass is 406 g/mol. The summed E-state index contributed by atoms with van der Waals surface area (Å²) in [5.41, 5.74) is -0.283. The van der Waals surface area contributed by atoms with E-state index in [9.17, 15) is 18.0 Å². The van der Waals surface area contributed by atoms with E-state index in [-0.39, 0.29) is 42.7 Å². The topological polar surface area (TPSA) is 122 Å². The lowest BCUT2D eigenvalue weighted by molar-refractivity contribution is 0.0690. The number of hydrogen-bond acceptors (Lipinski definition) is 7. The molecule has 0 bridgehead atoms. The second-order valence-electron chi connectivity index (χ2n) is 6.31. The molecule has 1 fully saturated rings. The third kappa shape index (κ3) is 3.45. The summed E-state index contributed by atoms with van der Waals surface area (Å²) in [6.07, 6.45) is 0. The Morgan fingerprint density at radius 3 is 2.39 bits per heavy atom. The van der Waals surface area contributed by atoms with Gasteiger partial charge in [-0.3, -0.25) is 9.59 Å². The van der Waals surface area contributed by atoms with E-state index in [0.717, 1.165) is 0 Å². The van der Waals surface area contributed by atoms with Crippen LogP contribution in [0.5, 0.6) is 11.5 Å². The van der Waals surface area contributed by atoms with E-state index in [4.69, 9.17) is 9.47 Å². The molecule has 28 heavy (non-hydrogen) atoms. The minimum Gasteiger partial charge on any atom is -0.486 e. The third-order valence-electron chi connectivity index (χ3n) is 4.58. The Hall–Kier alpha value is -2.92. The maximum absolute atomic E-state index is 12.9. The fraction of sp³-hybridized carbons (Fsp3) is 0.353. The number of hydrogen-bond donors (Lipinski definition) is 1. The molecule has 148 valence electrons. The van der Waals surface area contributed by atoms with Crippen LogP contribution in [0.2, 0.25) is 0 Å². The SMILES string of the molecule is O=C(c1ccc(=O)[nH]n1)N1CCN(S(=O)(=O)c2ccc3c(c2)OCCO3)CC1. The lowest BCUT2D eigenvalue weighted by Crippen LogP contribution is -2.50. The zero-order valence-electron chi connectivity index (χ0n) is 14.8. The third-order valence-corrected chi connectivity index (χ3v) is 6.47. The van der Waals surface area contributed by atoms with E-state index < -0.39 is 15.6 Å². The zero-order chi connectivity index (χ0) is 19.7. The molecule has 1 aromatic carbocycles. The number of piperazine rings is 1. The summed E-state index contributed by atoms with van der Waals surface area (Å²) >= 11 is 0. The average molecular weight is 406 g/mol. The van der Waals surface area contributed by atoms with Gasteiger partial charge in [-0.25, -0.2) is 13.5 Å². The number of aromatic amines is 1. The van der Waals surface area contributed by atoms with Gasteiger partial charge in [0, 0.05) is 38.3 Å². The molecule has 2 aromatic rings. The first-order chi connectivity index (χ1) is 13.4. The summed E-state index contributed by atoms with van der Waals surface area (Å²) < 4.78 is 38.1. The number of sulfonamides is 1. The normalized spacial score (nSPS) is 17.4. The van der Waals surface area contributed by atoms with Gasteiger partial charge < -0.3 is 14.4 Å². The fourth-order valence-electron chi connectivity index (χ4n) is 3.09. The van der Waals surface area contributed by atoms with Crippen molar-refractivity contribution in [3.8, 4) is 11.5 Å². The molecule has 2 aliphatic heterocycles. The highest BCUT2D eigenvalue weighted by Crippen LogP contribution is 2.33. The molecular formula is C17H18N4O6S. The molecule has 2 aliphatic rings. The van der Waals surface area contributed by atoms with Crippen molar-refractivity contribution in [3.63, 3.8) is 0 Å². The van der Waals surface area contributed by atoms with E-state index in [2.05, 4.69) is 10.2 Å². The maximum Gasteiger partial charge on any atom is 0.274 e. The van der Waals surface area contributed by atoms with Crippen molar-refractivity contribution in [1.29, 1.82) is 0 Å². The second-order valence-corrected chi connectivity index (χ2v) is 8.25. The quantitative estimate of drug-likeness (QED) is 0.742. The summed E-state index contributed by atoms with van der Waals surface area (Å²) in [7, 11) is -3.72. The first-order valence-corrected chi connectivity index (χ1v) is 10.1. The predicted molar refractivity (Wildman–Crippen MR) is 97.0 cm³/mol. The van der Waals surface area contributed by atoms with Crippen LogP contribution in [0.1, 0.15) is 10.5 Å². The smallest absolute Gasteiger partial charge is 0.274 e. The molecule has 1 N–H and O–H groups in total. The molecule has 4 rings (SSSR count). The van der Waals surface area contributed by atoms with E-state index in [1.54, 1.807) is 6.07 Å². The van der Waals surface area contributed by atoms with E-state index >= 15 is 0 Å². The Balaban J connectivity index is 1.46. The number of H-pyrrole nitrogens is 1. The maximum atomic E-state index is 12.9. The van der Waals surface area contributed by atoms with Gasteiger partial charge in [0.15, 0.2) is 11.5 Å². The van der Waals surface area contributed by atoms with Crippen molar-refractivity contribution in [2.45, 2.75) is 4.90 Å². The molecule has 11 heteroatoms. The summed E-state index contributed by atoms with van der Waals surface area (Å²) in [4.78, 5) is 25.1. The van der Waals surface area contributed by atoms with Crippen molar-refractivity contribution in [2.24, 2.45) is 0 Å². The van der Waals surface area contributed by atoms with Crippen LogP contribution in [0.15, 0.2) is 40.0 Å². The van der Waals surface area contributed by atoms with Crippen molar-refractivity contribution in [1.82, 2.24) is 19.4 Å². The van der Waals surface area contributed by atoms with Gasteiger partial charge >= 0.3 is 0 Å². The van der Waals surface area contributed by atoms with Crippen LogP contribution < -0.4 is 15.0 Å². The molecule has 10 nitrogen and oxygen atoms in total. The largest absolute Gasteiger partial charge is 0.486 e. The van der Waals surface area contributed by atoms with Crippen molar-refractivity contribution >= 4 is 15.9 Å². The molecule has 3 heterocycles. The van der Waals surface area contributed by atoms with Gasteiger partial charge in [-0.2, -0.15) is 9.40 Å². The minimum atomic E-state index is -3.72. The van der Waals surface area contributed by atoms with Crippen LogP contribution in [-0.4, -0.2) is 73.1 Å². The number of ether oxygens (including phenoxy) is 2. The number of carbonyl (C=O) groups excluding carboxylic acids is 1. The number of carbonyl (C=O) groups is 1. The Morgan fingerprint density at radius 2 is 1.71 bits per heavy atom. The van der Waals surface area contributed by atoms with Crippen LogP contribution in [0.4, 0.5) is 0 Å². The molecule has 0 aliphatic carbocycles. The van der Waals surface area contributed by atoms with Gasteiger partial charge in [-0.1, -0.05) is 0 Å². The molecular weight excluding hydrogens is 388 g/mol. The zero-order valence-corrected chi connectivity index (χ0v) is 15.6. The highest BCUT2D eigenvalue weighted by Gasteiger charge is 2.31. The highest BCUT2D eigenvalue weighted by molar-refractivity contribution is 7.89. The predicted octanol–water partition coefficient (Wildman–Crippen LogP) is -0.312. The average Bonchev–Trinajstić information content (AvgIpc) is 2.73. The van der Waals surface area contributed by atoms with Crippen molar-refractivity contribution in [3.05, 3.63) is 46.4 Å². The van der Waals surface area contributed by atoms with Gasteiger partial charge in [0.25, 0.3) is 11.5 Å². The molecule has 1 saturated heterocycles. The number of benzene rings is 1. The Bertz CT molecular complexity index is 1040. The minimum absolute atomic E-state index is 0.114. The van der Waals surface area contributed by atoms with Gasteiger partial charge in [0.1, 0.15) is 18.9 Å². The summed E-state index contributed by atoms with van der Waals surface area (Å²) in [5, 5.41) is 5.94. The van der Waals surface area contributed by atoms with Crippen molar-refractivity contribution < 1.29 is 22.7 Å². The molecule has 0 atom stereocenters. The Morgan fingerprint density at radius 1 is 1.00 bits per heavy atom. The number of nitrogens with one attached hydrogen (secondary N) is 1. The standard InChI is InChI=1S/C17H18N4O6S/c22-16-4-2-13(18-19-16)17(23)20-5-7-21(8-6-20)28(24,25)12-1-3-14-15(11-12)27-10-9-26-14/h1-4,11H,5-10H2,(H,19,22). The Labute approximate surface area is 160 Å². The number of fused-ring (bicyclic) bond motifs is 1. The molecule has 0 unspecified atom stereocenters. The summed E-state index contributed by atoms with van der Waals surface area (Å²) in [5.74, 6) is 0.576. The first kappa shape index (κ1) is 18.4. The number of amides is 1. The van der Waals surface area contributed by atoms with Crippen LogP contribution in [0.3, 0.4) is 0 Å². The van der Waals surface area contributed by atoms with Gasteiger partial charge in [0.05, 0.1) is 4.90 Å². The first-order valence-electron chi connectivity index (χ1n) is 8.70. The van der Waals surface area contributed by atoms with Crippen LogP contribution in [-0.2, 0) is 10.0 Å². The number of nitrogens with zero attached hydrogens (tertiary/aromatic N) is 3. The van der Waals surface area contributed by atoms with Crippen LogP contribution in [0, 0.1) is 0 Å². The molecule has 1 aromatic heterocycles. The van der Waals surface area contributed by atoms with Crippen LogP contribution >= 0.6 is 0 Å². The number of rotatable bonds is 3. The van der Waals surface area contributed by atoms with Gasteiger partial charge in [-0.15, -0.1) is 0 Å². The van der Waals surface area contributed by atoms with E-state index in [0.29, 0.717) is 24.7 Å². The highest BCUT2D eigenvalue weighted by atomic mass is 32.2. The second kappa shape index (κ2) is 7.24.